The highest BCUT2D eigenvalue weighted by molar-refractivity contribution is 5.93. The van der Waals surface area contributed by atoms with Gasteiger partial charge in [0.05, 0.1) is 13.2 Å². The molecule has 0 spiro atoms. The number of aliphatic hydroxyl groups excluding tert-OH is 1. The normalized spacial score (nSPS) is 19.9. The molecule has 0 aliphatic heterocycles. The van der Waals surface area contributed by atoms with E-state index in [-0.39, 0.29) is 18.7 Å². The first-order chi connectivity index (χ1) is 13.7. The van der Waals surface area contributed by atoms with Gasteiger partial charge in [0, 0.05) is 17.8 Å². The zero-order valence-corrected chi connectivity index (χ0v) is 16.2. The summed E-state index contributed by atoms with van der Waals surface area (Å²) in [4.78, 5) is 4.42. The largest absolute Gasteiger partial charge is 0.489 e. The summed E-state index contributed by atoms with van der Waals surface area (Å²) in [7, 11) is 0. The number of nitrogens with one attached hydrogen (secondary N) is 2. The molecule has 150 valence electrons. The highest BCUT2D eigenvalue weighted by atomic mass is 16.5. The fraction of sp³-hybridized carbons (Fsp3) is 0.409. The fourth-order valence-electron chi connectivity index (χ4n) is 3.31. The lowest BCUT2D eigenvalue weighted by molar-refractivity contribution is 0.306. The number of hydrogen-bond acceptors (Lipinski definition) is 4. The highest BCUT2D eigenvalue weighted by Crippen LogP contribution is 2.19. The molecule has 0 aromatic heterocycles. The Kier molecular flexibility index (Phi) is 7.70. The van der Waals surface area contributed by atoms with Gasteiger partial charge in [0.1, 0.15) is 12.4 Å². The highest BCUT2D eigenvalue weighted by Gasteiger charge is 2.22. The predicted molar refractivity (Wildman–Crippen MR) is 114 cm³/mol. The predicted octanol–water partition coefficient (Wildman–Crippen LogP) is 2.89. The zero-order valence-electron chi connectivity index (χ0n) is 16.2. The number of nitrogens with zero attached hydrogens (tertiary/aromatic N) is 1. The van der Waals surface area contributed by atoms with Crippen molar-refractivity contribution >= 4 is 11.6 Å². The van der Waals surface area contributed by atoms with Gasteiger partial charge in [-0.25, -0.2) is 0 Å². The van der Waals surface area contributed by atoms with Crippen LogP contribution in [0.15, 0.2) is 59.6 Å². The molecule has 1 aliphatic rings. The van der Waals surface area contributed by atoms with Crippen molar-refractivity contribution in [3.05, 3.63) is 60.2 Å². The van der Waals surface area contributed by atoms with Crippen LogP contribution in [-0.4, -0.2) is 36.3 Å². The molecule has 2 atom stereocenters. The summed E-state index contributed by atoms with van der Waals surface area (Å²) < 4.78 is 5.83. The molecule has 1 saturated carbocycles. The molecule has 0 amide bonds. The molecule has 1 fully saturated rings. The van der Waals surface area contributed by atoms with Gasteiger partial charge in [0.2, 0.25) is 0 Å². The van der Waals surface area contributed by atoms with E-state index in [0.717, 1.165) is 29.8 Å². The van der Waals surface area contributed by atoms with Crippen LogP contribution in [0.25, 0.3) is 0 Å². The minimum atomic E-state index is 0.00977. The summed E-state index contributed by atoms with van der Waals surface area (Å²) in [6.45, 7) is 0.892. The van der Waals surface area contributed by atoms with E-state index in [4.69, 9.17) is 15.6 Å². The van der Waals surface area contributed by atoms with Crippen LogP contribution in [0.5, 0.6) is 5.75 Å². The standard InChI is InChI=1S/C22H30N4O2/c23-20-8-4-5-9-21(20)26-22(24-14-15-27)25-18-10-12-19(13-11-18)28-16-17-6-2-1-3-7-17/h1-3,6-7,10-13,20-21,27H,4-5,8-9,14-16,23H2,(H2,24,25,26)/t20-,21-/m0/s1. The van der Waals surface area contributed by atoms with E-state index in [1.54, 1.807) is 0 Å². The lowest BCUT2D eigenvalue weighted by Crippen LogP contribution is -2.51. The summed E-state index contributed by atoms with van der Waals surface area (Å²) in [5.74, 6) is 1.46. The van der Waals surface area contributed by atoms with Crippen molar-refractivity contribution in [3.63, 3.8) is 0 Å². The van der Waals surface area contributed by atoms with Crippen molar-refractivity contribution in [2.75, 3.05) is 18.5 Å². The topological polar surface area (TPSA) is 91.9 Å². The number of aliphatic imine (C=N–C) groups is 1. The second kappa shape index (κ2) is 10.7. The maximum atomic E-state index is 9.12. The van der Waals surface area contributed by atoms with Crippen LogP contribution in [0.1, 0.15) is 31.2 Å². The maximum Gasteiger partial charge on any atom is 0.196 e. The average molecular weight is 383 g/mol. The Bertz CT molecular complexity index is 734. The van der Waals surface area contributed by atoms with Crippen molar-refractivity contribution in [1.29, 1.82) is 0 Å². The van der Waals surface area contributed by atoms with Crippen LogP contribution in [0, 0.1) is 0 Å². The lowest BCUT2D eigenvalue weighted by Gasteiger charge is -2.30. The average Bonchev–Trinajstić information content (AvgIpc) is 2.74. The Hall–Kier alpha value is -2.57. The zero-order chi connectivity index (χ0) is 19.6. The van der Waals surface area contributed by atoms with Crippen LogP contribution in [0.3, 0.4) is 0 Å². The number of aliphatic hydroxyl groups is 1. The summed E-state index contributed by atoms with van der Waals surface area (Å²) in [6.07, 6.45) is 4.41. The number of nitrogens with two attached hydrogens (primary N) is 1. The van der Waals surface area contributed by atoms with E-state index in [1.165, 1.54) is 12.8 Å². The fourth-order valence-corrected chi connectivity index (χ4v) is 3.31. The Morgan fingerprint density at radius 3 is 2.54 bits per heavy atom. The molecule has 0 bridgehead atoms. The molecule has 5 N–H and O–H groups in total. The van der Waals surface area contributed by atoms with Crippen molar-refractivity contribution in [3.8, 4) is 5.75 Å². The third-order valence-corrected chi connectivity index (χ3v) is 4.88. The molecule has 0 saturated heterocycles. The summed E-state index contributed by atoms with van der Waals surface area (Å²) in [5, 5.41) is 15.8. The third kappa shape index (κ3) is 6.25. The van der Waals surface area contributed by atoms with E-state index >= 15 is 0 Å². The first-order valence-corrected chi connectivity index (χ1v) is 9.96. The van der Waals surface area contributed by atoms with Crippen LogP contribution < -0.4 is 21.1 Å². The number of anilines is 1. The molecule has 2 aromatic carbocycles. The van der Waals surface area contributed by atoms with Gasteiger partial charge in [-0.2, -0.15) is 0 Å². The summed E-state index contributed by atoms with van der Waals surface area (Å²) >= 11 is 0. The Morgan fingerprint density at radius 2 is 1.82 bits per heavy atom. The van der Waals surface area contributed by atoms with Crippen molar-refractivity contribution in [2.45, 2.75) is 44.4 Å². The van der Waals surface area contributed by atoms with E-state index in [2.05, 4.69) is 15.6 Å². The Morgan fingerprint density at radius 1 is 1.07 bits per heavy atom. The maximum absolute atomic E-state index is 9.12. The molecule has 6 nitrogen and oxygen atoms in total. The number of ether oxygens (including phenoxy) is 1. The van der Waals surface area contributed by atoms with Gasteiger partial charge in [-0.3, -0.25) is 4.99 Å². The number of benzene rings is 2. The molecule has 0 heterocycles. The second-order valence-electron chi connectivity index (χ2n) is 7.08. The van der Waals surface area contributed by atoms with E-state index in [1.807, 2.05) is 54.6 Å². The van der Waals surface area contributed by atoms with Gasteiger partial charge >= 0.3 is 0 Å². The Labute approximate surface area is 166 Å². The van der Waals surface area contributed by atoms with Crippen molar-refractivity contribution in [1.82, 2.24) is 5.32 Å². The number of rotatable bonds is 7. The number of hydrogen-bond donors (Lipinski definition) is 4. The van der Waals surface area contributed by atoms with Crippen LogP contribution in [-0.2, 0) is 6.61 Å². The smallest absolute Gasteiger partial charge is 0.196 e. The first-order valence-electron chi connectivity index (χ1n) is 9.96. The van der Waals surface area contributed by atoms with Crippen LogP contribution in [0.2, 0.25) is 0 Å². The second-order valence-corrected chi connectivity index (χ2v) is 7.08. The van der Waals surface area contributed by atoms with Crippen molar-refractivity contribution < 1.29 is 9.84 Å². The quantitative estimate of drug-likeness (QED) is 0.437. The molecule has 3 rings (SSSR count). The molecular weight excluding hydrogens is 352 g/mol. The van der Waals surface area contributed by atoms with Crippen LogP contribution in [0.4, 0.5) is 5.69 Å². The van der Waals surface area contributed by atoms with Gasteiger partial charge in [0.15, 0.2) is 5.96 Å². The SMILES string of the molecule is N[C@H]1CCCC[C@@H]1NC(=NCCO)Nc1ccc(OCc2ccccc2)cc1. The molecule has 1 aliphatic carbocycles. The van der Waals surface area contributed by atoms with Gasteiger partial charge in [-0.15, -0.1) is 0 Å². The Balaban J connectivity index is 1.57. The molecule has 0 radical (unpaired) electrons. The third-order valence-electron chi connectivity index (χ3n) is 4.88. The molecule has 6 heteroatoms. The van der Waals surface area contributed by atoms with E-state index in [0.29, 0.717) is 19.1 Å². The molecule has 28 heavy (non-hydrogen) atoms. The minimum Gasteiger partial charge on any atom is -0.489 e. The van der Waals surface area contributed by atoms with Crippen LogP contribution >= 0.6 is 0 Å². The molecule has 0 unspecified atom stereocenters. The van der Waals surface area contributed by atoms with Gasteiger partial charge in [-0.05, 0) is 42.7 Å². The van der Waals surface area contributed by atoms with Gasteiger partial charge in [0.25, 0.3) is 0 Å². The summed E-state index contributed by atoms with van der Waals surface area (Å²) in [6, 6.07) is 18.2. The first kappa shape index (κ1) is 20.2. The monoisotopic (exact) mass is 382 g/mol. The minimum absolute atomic E-state index is 0.00977. The molecule has 2 aromatic rings. The molecular formula is C22H30N4O2. The van der Waals surface area contributed by atoms with E-state index < -0.39 is 0 Å². The lowest BCUT2D eigenvalue weighted by atomic mass is 9.91. The number of guanidine groups is 1. The summed E-state index contributed by atoms with van der Waals surface area (Å²) in [5.41, 5.74) is 8.28. The van der Waals surface area contributed by atoms with Gasteiger partial charge < -0.3 is 26.2 Å². The van der Waals surface area contributed by atoms with Crippen molar-refractivity contribution in [2.24, 2.45) is 10.7 Å². The van der Waals surface area contributed by atoms with Gasteiger partial charge in [-0.1, -0.05) is 43.2 Å². The van der Waals surface area contributed by atoms with E-state index in [9.17, 15) is 0 Å².